The summed E-state index contributed by atoms with van der Waals surface area (Å²) < 4.78 is 40.5. The maximum Gasteiger partial charge on any atom is 0.416 e. The van der Waals surface area contributed by atoms with Gasteiger partial charge in [0.1, 0.15) is 0 Å². The fraction of sp³-hybridized carbons (Fsp3) is 0.240. The van der Waals surface area contributed by atoms with Crippen LogP contribution in [0.5, 0.6) is 0 Å². The van der Waals surface area contributed by atoms with Gasteiger partial charge in [0, 0.05) is 22.0 Å². The molecule has 1 aliphatic heterocycles. The number of nitrogens with zero attached hydrogens (tertiary/aromatic N) is 2. The van der Waals surface area contributed by atoms with E-state index >= 15 is 0 Å². The summed E-state index contributed by atoms with van der Waals surface area (Å²) in [6, 6.07) is 16.5. The van der Waals surface area contributed by atoms with Gasteiger partial charge in [-0.3, -0.25) is 9.80 Å². The Morgan fingerprint density at radius 3 is 2.18 bits per heavy atom. The van der Waals surface area contributed by atoms with E-state index in [9.17, 15) is 23.1 Å². The second kappa shape index (κ2) is 8.39. The van der Waals surface area contributed by atoms with Crippen molar-refractivity contribution in [1.82, 2.24) is 0 Å². The van der Waals surface area contributed by atoms with Gasteiger partial charge in [-0.15, -0.1) is 0 Å². The molecule has 0 spiro atoms. The lowest BCUT2D eigenvalue weighted by atomic mass is 9.90. The van der Waals surface area contributed by atoms with Crippen LogP contribution in [0, 0.1) is 6.92 Å². The lowest BCUT2D eigenvalue weighted by molar-refractivity contribution is -0.137. The van der Waals surface area contributed by atoms with Crippen LogP contribution in [0.15, 0.2) is 72.8 Å². The van der Waals surface area contributed by atoms with Crippen LogP contribution >= 0.6 is 11.6 Å². The Balaban J connectivity index is 1.95. The largest absolute Gasteiger partial charge is 0.416 e. The molecule has 0 radical (unpaired) electrons. The SMILES string of the molecule is CCC1N(c2ccc(C)cc2)C(=O)N(c2ccc(Cl)cc2)C1(O)c1cccc(C(F)(F)F)c1. The molecule has 2 amide bonds. The standard InChI is InChI=1S/C25H22ClF3N2O2/c1-3-22-24(33,17-5-4-6-18(15-17)25(27,28)29)31(21-13-9-19(26)10-14-21)23(32)30(22)20-11-7-16(2)8-12-20/h4-15,22,33H,3H2,1-2H3. The summed E-state index contributed by atoms with van der Waals surface area (Å²) in [6.07, 6.45) is -4.31. The van der Waals surface area contributed by atoms with Crippen molar-refractivity contribution in [3.8, 4) is 0 Å². The van der Waals surface area contributed by atoms with E-state index in [0.717, 1.165) is 22.6 Å². The molecule has 4 rings (SSSR count). The van der Waals surface area contributed by atoms with E-state index in [4.69, 9.17) is 11.6 Å². The number of hydrogen-bond donors (Lipinski definition) is 1. The first kappa shape index (κ1) is 23.1. The number of carbonyl (C=O) groups excluding carboxylic acids is 1. The maximum atomic E-state index is 13.8. The molecule has 0 saturated carbocycles. The van der Waals surface area contributed by atoms with Crippen molar-refractivity contribution >= 4 is 29.0 Å². The first-order chi connectivity index (χ1) is 15.6. The molecule has 33 heavy (non-hydrogen) atoms. The van der Waals surface area contributed by atoms with Crippen LogP contribution in [-0.4, -0.2) is 17.2 Å². The second-order valence-electron chi connectivity index (χ2n) is 8.03. The molecule has 3 aromatic carbocycles. The fourth-order valence-corrected chi connectivity index (χ4v) is 4.45. The smallest absolute Gasteiger partial charge is 0.365 e. The fourth-order valence-electron chi connectivity index (χ4n) is 4.32. The van der Waals surface area contributed by atoms with Gasteiger partial charge in [0.05, 0.1) is 11.6 Å². The normalized spacial score (nSPS) is 21.1. The van der Waals surface area contributed by atoms with Crippen molar-refractivity contribution in [2.24, 2.45) is 0 Å². The Hall–Kier alpha value is -3.03. The minimum atomic E-state index is -4.60. The third kappa shape index (κ3) is 3.96. The van der Waals surface area contributed by atoms with E-state index < -0.39 is 29.5 Å². The van der Waals surface area contributed by atoms with Crippen molar-refractivity contribution in [3.05, 3.63) is 94.5 Å². The van der Waals surface area contributed by atoms with Crippen LogP contribution in [0.1, 0.15) is 30.0 Å². The quantitative estimate of drug-likeness (QED) is 0.455. The van der Waals surface area contributed by atoms with Crippen LogP contribution in [-0.2, 0) is 11.9 Å². The topological polar surface area (TPSA) is 43.8 Å². The average molecular weight is 475 g/mol. The summed E-state index contributed by atoms with van der Waals surface area (Å²) in [5.41, 5.74) is -1.15. The summed E-state index contributed by atoms with van der Waals surface area (Å²) in [4.78, 5) is 16.3. The van der Waals surface area contributed by atoms with Crippen LogP contribution < -0.4 is 9.80 Å². The van der Waals surface area contributed by atoms with Crippen molar-refractivity contribution in [2.45, 2.75) is 38.2 Å². The number of hydrogen-bond acceptors (Lipinski definition) is 2. The maximum absolute atomic E-state index is 13.8. The highest BCUT2D eigenvalue weighted by Crippen LogP contribution is 2.46. The van der Waals surface area contributed by atoms with Gasteiger partial charge in [-0.05, 0) is 61.9 Å². The number of rotatable bonds is 4. The van der Waals surface area contributed by atoms with E-state index in [-0.39, 0.29) is 12.0 Å². The predicted octanol–water partition coefficient (Wildman–Crippen LogP) is 6.74. The van der Waals surface area contributed by atoms with Gasteiger partial charge in [0.25, 0.3) is 0 Å². The van der Waals surface area contributed by atoms with Crippen molar-refractivity contribution in [1.29, 1.82) is 0 Å². The molecule has 1 heterocycles. The number of amides is 2. The van der Waals surface area contributed by atoms with Gasteiger partial charge in [-0.25, -0.2) is 4.79 Å². The first-order valence-electron chi connectivity index (χ1n) is 10.4. The highest BCUT2D eigenvalue weighted by atomic mass is 35.5. The number of urea groups is 1. The Kier molecular flexibility index (Phi) is 5.88. The van der Waals surface area contributed by atoms with Crippen molar-refractivity contribution in [2.75, 3.05) is 9.80 Å². The van der Waals surface area contributed by atoms with E-state index in [1.807, 2.05) is 19.1 Å². The minimum Gasteiger partial charge on any atom is -0.365 e. The van der Waals surface area contributed by atoms with Gasteiger partial charge in [0.15, 0.2) is 5.72 Å². The Morgan fingerprint density at radius 2 is 1.61 bits per heavy atom. The summed E-state index contributed by atoms with van der Waals surface area (Å²) >= 11 is 6.01. The highest BCUT2D eigenvalue weighted by molar-refractivity contribution is 6.30. The number of anilines is 2. The van der Waals surface area contributed by atoms with Crippen LogP contribution in [0.25, 0.3) is 0 Å². The van der Waals surface area contributed by atoms with E-state index in [1.54, 1.807) is 43.3 Å². The van der Waals surface area contributed by atoms with Crippen LogP contribution in [0.4, 0.5) is 29.3 Å². The molecule has 1 aliphatic rings. The van der Waals surface area contributed by atoms with Gasteiger partial charge in [-0.2, -0.15) is 13.2 Å². The molecule has 1 saturated heterocycles. The van der Waals surface area contributed by atoms with E-state index in [1.165, 1.54) is 17.0 Å². The number of halogens is 4. The third-order valence-electron chi connectivity index (χ3n) is 5.91. The monoisotopic (exact) mass is 474 g/mol. The number of benzene rings is 3. The molecule has 172 valence electrons. The molecule has 0 aliphatic carbocycles. The molecule has 2 atom stereocenters. The van der Waals surface area contributed by atoms with Crippen LogP contribution in [0.2, 0.25) is 5.02 Å². The van der Waals surface area contributed by atoms with Gasteiger partial charge in [0.2, 0.25) is 0 Å². The summed E-state index contributed by atoms with van der Waals surface area (Å²) in [7, 11) is 0. The van der Waals surface area contributed by atoms with Gasteiger partial charge < -0.3 is 5.11 Å². The summed E-state index contributed by atoms with van der Waals surface area (Å²) in [6.45, 7) is 3.69. The molecular weight excluding hydrogens is 453 g/mol. The molecule has 1 N–H and O–H groups in total. The highest BCUT2D eigenvalue weighted by Gasteiger charge is 2.58. The van der Waals surface area contributed by atoms with Gasteiger partial charge in [-0.1, -0.05) is 48.4 Å². The molecule has 0 aromatic heterocycles. The Bertz CT molecular complexity index is 1170. The molecular formula is C25H22ClF3N2O2. The molecule has 2 unspecified atom stereocenters. The van der Waals surface area contributed by atoms with Crippen LogP contribution in [0.3, 0.4) is 0 Å². The Labute approximate surface area is 194 Å². The Morgan fingerprint density at radius 1 is 1.00 bits per heavy atom. The second-order valence-corrected chi connectivity index (χ2v) is 8.47. The average Bonchev–Trinajstić information content (AvgIpc) is 3.01. The third-order valence-corrected chi connectivity index (χ3v) is 6.17. The molecule has 0 bridgehead atoms. The zero-order chi connectivity index (χ0) is 24.0. The first-order valence-corrected chi connectivity index (χ1v) is 10.8. The van der Waals surface area contributed by atoms with Crippen molar-refractivity contribution in [3.63, 3.8) is 0 Å². The number of aliphatic hydroxyl groups is 1. The zero-order valence-corrected chi connectivity index (χ0v) is 18.7. The lowest BCUT2D eigenvalue weighted by Gasteiger charge is -2.37. The number of alkyl halides is 3. The zero-order valence-electron chi connectivity index (χ0n) is 18.0. The molecule has 4 nitrogen and oxygen atoms in total. The molecule has 1 fully saturated rings. The summed E-state index contributed by atoms with van der Waals surface area (Å²) in [5, 5.41) is 12.5. The summed E-state index contributed by atoms with van der Waals surface area (Å²) in [5.74, 6) is 0. The number of aryl methyl sites for hydroxylation is 1. The predicted molar refractivity (Wildman–Crippen MR) is 122 cm³/mol. The van der Waals surface area contributed by atoms with E-state index in [2.05, 4.69) is 0 Å². The van der Waals surface area contributed by atoms with E-state index in [0.29, 0.717) is 16.4 Å². The molecule has 3 aromatic rings. The molecule has 8 heteroatoms. The van der Waals surface area contributed by atoms with Gasteiger partial charge >= 0.3 is 12.2 Å². The minimum absolute atomic E-state index is 0.0258. The lowest BCUT2D eigenvalue weighted by Crippen LogP contribution is -2.49. The van der Waals surface area contributed by atoms with Crippen molar-refractivity contribution < 1.29 is 23.1 Å². The number of carbonyl (C=O) groups is 1.